The van der Waals surface area contributed by atoms with Gasteiger partial charge in [-0.25, -0.2) is 4.39 Å². The van der Waals surface area contributed by atoms with Crippen LogP contribution in [0.1, 0.15) is 53.5 Å². The lowest BCUT2D eigenvalue weighted by molar-refractivity contribution is 0.416. The summed E-state index contributed by atoms with van der Waals surface area (Å²) < 4.78 is 13.5. The van der Waals surface area contributed by atoms with E-state index in [9.17, 15) is 4.39 Å². The molecule has 0 aromatic heterocycles. The van der Waals surface area contributed by atoms with Gasteiger partial charge in [-0.3, -0.25) is 0 Å². The molecule has 20 heavy (non-hydrogen) atoms. The molecule has 1 saturated carbocycles. The van der Waals surface area contributed by atoms with Gasteiger partial charge in [0, 0.05) is 0 Å². The average Bonchev–Trinajstić information content (AvgIpc) is 2.39. The van der Waals surface area contributed by atoms with Crippen molar-refractivity contribution in [3.8, 4) is 0 Å². The fraction of sp³-hybridized carbons (Fsp3) is 0.333. The van der Waals surface area contributed by atoms with E-state index in [4.69, 9.17) is 5.73 Å². The molecule has 0 bridgehead atoms. The molecule has 2 aromatic rings. The van der Waals surface area contributed by atoms with Crippen LogP contribution >= 0.6 is 0 Å². The molecule has 2 N–H and O–H groups in total. The number of nitrogens with two attached hydrogens (primary N) is 1. The summed E-state index contributed by atoms with van der Waals surface area (Å²) in [5, 5.41) is 0. The van der Waals surface area contributed by atoms with Crippen LogP contribution < -0.4 is 5.73 Å². The summed E-state index contributed by atoms with van der Waals surface area (Å²) in [4.78, 5) is 0. The highest BCUT2D eigenvalue weighted by Crippen LogP contribution is 2.40. The molecule has 0 spiro atoms. The quantitative estimate of drug-likeness (QED) is 0.875. The van der Waals surface area contributed by atoms with E-state index in [2.05, 4.69) is 18.2 Å². The zero-order valence-corrected chi connectivity index (χ0v) is 11.8. The molecular weight excluding hydrogens is 249 g/mol. The van der Waals surface area contributed by atoms with E-state index >= 15 is 0 Å². The van der Waals surface area contributed by atoms with Crippen LogP contribution in [0, 0.1) is 12.7 Å². The molecule has 1 aliphatic carbocycles. The van der Waals surface area contributed by atoms with E-state index < -0.39 is 0 Å². The van der Waals surface area contributed by atoms with Gasteiger partial charge < -0.3 is 5.73 Å². The lowest BCUT2D eigenvalue weighted by Gasteiger charge is -2.30. The normalized spacial score (nSPS) is 16.8. The molecule has 2 heteroatoms. The molecular formula is C18H20FN. The summed E-state index contributed by atoms with van der Waals surface area (Å²) >= 11 is 0. The number of rotatable bonds is 3. The minimum Gasteiger partial charge on any atom is -0.320 e. The highest BCUT2D eigenvalue weighted by atomic mass is 19.1. The third-order valence-electron chi connectivity index (χ3n) is 4.45. The van der Waals surface area contributed by atoms with Crippen LogP contribution in [0.25, 0.3) is 0 Å². The van der Waals surface area contributed by atoms with Gasteiger partial charge in [0.25, 0.3) is 0 Å². The number of hydrogen-bond donors (Lipinski definition) is 1. The van der Waals surface area contributed by atoms with Gasteiger partial charge in [-0.05, 0) is 60.1 Å². The van der Waals surface area contributed by atoms with E-state index in [0.29, 0.717) is 5.92 Å². The lowest BCUT2D eigenvalue weighted by Crippen LogP contribution is -2.19. The Morgan fingerprint density at radius 3 is 2.55 bits per heavy atom. The van der Waals surface area contributed by atoms with Gasteiger partial charge in [-0.15, -0.1) is 0 Å². The molecule has 1 fully saturated rings. The van der Waals surface area contributed by atoms with E-state index in [1.54, 1.807) is 12.1 Å². The summed E-state index contributed by atoms with van der Waals surface area (Å²) in [7, 11) is 0. The maximum Gasteiger partial charge on any atom is 0.123 e. The molecule has 0 amide bonds. The zero-order chi connectivity index (χ0) is 14.1. The zero-order valence-electron chi connectivity index (χ0n) is 11.8. The Labute approximate surface area is 119 Å². The average molecular weight is 269 g/mol. The van der Waals surface area contributed by atoms with Crippen molar-refractivity contribution in [2.45, 2.75) is 38.1 Å². The highest BCUT2D eigenvalue weighted by Gasteiger charge is 2.24. The van der Waals surface area contributed by atoms with Gasteiger partial charge in [0.15, 0.2) is 0 Å². The number of hydrogen-bond acceptors (Lipinski definition) is 1. The van der Waals surface area contributed by atoms with Crippen molar-refractivity contribution >= 4 is 0 Å². The predicted molar refractivity (Wildman–Crippen MR) is 80.2 cm³/mol. The Balaban J connectivity index is 2.01. The van der Waals surface area contributed by atoms with Crippen molar-refractivity contribution in [2.24, 2.45) is 5.73 Å². The first kappa shape index (κ1) is 13.3. The first-order chi connectivity index (χ1) is 9.66. The minimum atomic E-state index is -0.248. The van der Waals surface area contributed by atoms with Crippen LogP contribution in [0.3, 0.4) is 0 Å². The Bertz CT molecular complexity index is 617. The van der Waals surface area contributed by atoms with Crippen LogP contribution in [0.15, 0.2) is 42.5 Å². The molecule has 0 heterocycles. The first-order valence-corrected chi connectivity index (χ1v) is 7.27. The molecule has 0 saturated heterocycles. The van der Waals surface area contributed by atoms with E-state index in [0.717, 1.165) is 16.7 Å². The molecule has 1 aliphatic rings. The fourth-order valence-corrected chi connectivity index (χ4v) is 3.00. The summed E-state index contributed by atoms with van der Waals surface area (Å²) in [6.07, 6.45) is 3.78. The second-order valence-electron chi connectivity index (χ2n) is 5.74. The molecule has 0 radical (unpaired) electrons. The maximum atomic E-state index is 13.5. The van der Waals surface area contributed by atoms with Gasteiger partial charge in [-0.1, -0.05) is 36.8 Å². The largest absolute Gasteiger partial charge is 0.320 e. The molecule has 0 aliphatic heterocycles. The molecule has 104 valence electrons. The molecule has 2 aromatic carbocycles. The Morgan fingerprint density at radius 1 is 1.10 bits per heavy atom. The Kier molecular flexibility index (Phi) is 3.58. The van der Waals surface area contributed by atoms with Crippen molar-refractivity contribution < 1.29 is 4.39 Å². The second-order valence-corrected chi connectivity index (χ2v) is 5.74. The fourth-order valence-electron chi connectivity index (χ4n) is 3.00. The van der Waals surface area contributed by atoms with Crippen LogP contribution in [0.2, 0.25) is 0 Å². The van der Waals surface area contributed by atoms with Crippen molar-refractivity contribution in [1.29, 1.82) is 0 Å². The van der Waals surface area contributed by atoms with E-state index in [1.807, 2.05) is 13.0 Å². The number of halogens is 1. The SMILES string of the molecule is Cc1ccc(F)cc1C(N)c1ccccc1C1CCC1. The third kappa shape index (κ3) is 2.36. The lowest BCUT2D eigenvalue weighted by atomic mass is 9.76. The Hall–Kier alpha value is -1.67. The predicted octanol–water partition coefficient (Wildman–Crippen LogP) is 4.45. The summed E-state index contributed by atoms with van der Waals surface area (Å²) in [6, 6.07) is 13.0. The van der Waals surface area contributed by atoms with Crippen molar-refractivity contribution in [3.63, 3.8) is 0 Å². The van der Waals surface area contributed by atoms with Crippen molar-refractivity contribution in [1.82, 2.24) is 0 Å². The second kappa shape index (κ2) is 5.37. The van der Waals surface area contributed by atoms with Crippen LogP contribution in [-0.2, 0) is 0 Å². The highest BCUT2D eigenvalue weighted by molar-refractivity contribution is 5.42. The van der Waals surface area contributed by atoms with Gasteiger partial charge in [-0.2, -0.15) is 0 Å². The van der Waals surface area contributed by atoms with Crippen LogP contribution in [0.4, 0.5) is 4.39 Å². The minimum absolute atomic E-state index is 0.220. The standard InChI is InChI=1S/C18H20FN/c1-12-9-10-14(19)11-17(12)18(20)16-8-3-2-7-15(16)13-5-4-6-13/h2-3,7-11,13,18H,4-6,20H2,1H3. The number of aryl methyl sites for hydroxylation is 1. The van der Waals surface area contributed by atoms with Gasteiger partial charge in [0.1, 0.15) is 5.82 Å². The summed E-state index contributed by atoms with van der Waals surface area (Å²) in [6.45, 7) is 1.99. The van der Waals surface area contributed by atoms with Crippen LogP contribution in [-0.4, -0.2) is 0 Å². The van der Waals surface area contributed by atoms with E-state index in [-0.39, 0.29) is 11.9 Å². The summed E-state index contributed by atoms with van der Waals surface area (Å²) in [5.41, 5.74) is 10.9. The molecule has 3 rings (SSSR count). The van der Waals surface area contributed by atoms with E-state index in [1.165, 1.54) is 30.9 Å². The topological polar surface area (TPSA) is 26.0 Å². The van der Waals surface area contributed by atoms with Gasteiger partial charge in [0.05, 0.1) is 6.04 Å². The smallest absolute Gasteiger partial charge is 0.123 e. The maximum absolute atomic E-state index is 13.5. The monoisotopic (exact) mass is 269 g/mol. The number of benzene rings is 2. The van der Waals surface area contributed by atoms with Crippen LogP contribution in [0.5, 0.6) is 0 Å². The summed E-state index contributed by atoms with van der Waals surface area (Å²) in [5.74, 6) is 0.410. The van der Waals surface area contributed by atoms with Gasteiger partial charge >= 0.3 is 0 Å². The van der Waals surface area contributed by atoms with Gasteiger partial charge in [0.2, 0.25) is 0 Å². The molecule has 1 atom stereocenters. The third-order valence-corrected chi connectivity index (χ3v) is 4.45. The van der Waals surface area contributed by atoms with Crippen molar-refractivity contribution in [2.75, 3.05) is 0 Å². The molecule has 1 nitrogen and oxygen atoms in total. The molecule has 1 unspecified atom stereocenters. The Morgan fingerprint density at radius 2 is 1.85 bits per heavy atom. The van der Waals surface area contributed by atoms with Crippen molar-refractivity contribution in [3.05, 3.63) is 70.5 Å². The first-order valence-electron chi connectivity index (χ1n) is 7.27.